The fourth-order valence-electron chi connectivity index (χ4n) is 4.20. The Kier molecular flexibility index (Phi) is 1.97. The van der Waals surface area contributed by atoms with Gasteiger partial charge in [-0.2, -0.15) is 0 Å². The van der Waals surface area contributed by atoms with Gasteiger partial charge in [0.2, 0.25) is 0 Å². The van der Waals surface area contributed by atoms with Crippen LogP contribution in [-0.2, 0) is 5.41 Å². The number of rotatable bonds is 1. The minimum Gasteiger partial charge on any atom is -0.305 e. The Bertz CT molecular complexity index is 618. The van der Waals surface area contributed by atoms with Crippen molar-refractivity contribution in [2.45, 2.75) is 12.3 Å². The zero-order chi connectivity index (χ0) is 12.3. The molecular weight excluding hydrogens is 218 g/mol. The molecule has 1 heteroatoms. The van der Waals surface area contributed by atoms with Gasteiger partial charge < -0.3 is 4.90 Å². The highest BCUT2D eigenvalue weighted by atomic mass is 15.2. The number of fused-ring (bicyclic) bond motifs is 2. The molecule has 2 aromatic carbocycles. The molecule has 0 bridgehead atoms. The first kappa shape index (κ1) is 10.6. The van der Waals surface area contributed by atoms with E-state index in [4.69, 9.17) is 0 Å². The monoisotopic (exact) mass is 237 g/mol. The zero-order valence-electron chi connectivity index (χ0n) is 11.1. The van der Waals surface area contributed by atoms with Gasteiger partial charge in [0.1, 0.15) is 0 Å². The molecule has 0 unspecified atom stereocenters. The molecule has 1 heterocycles. The first-order chi connectivity index (χ1) is 8.72. The lowest BCUT2D eigenvalue weighted by Crippen LogP contribution is -2.24. The van der Waals surface area contributed by atoms with Crippen LogP contribution in [0.3, 0.4) is 0 Å². The minimum atomic E-state index is 0.457. The van der Waals surface area contributed by atoms with E-state index in [2.05, 4.69) is 61.3 Å². The Morgan fingerprint density at radius 3 is 2.67 bits per heavy atom. The molecule has 2 fully saturated rings. The van der Waals surface area contributed by atoms with Crippen LogP contribution in [-0.4, -0.2) is 25.0 Å². The van der Waals surface area contributed by atoms with E-state index in [1.54, 1.807) is 5.56 Å². The SMILES string of the molecule is C[C@@H]1[C@H]2CN(C)C[C@]12c1ccc2ccccc2c1. The molecule has 3 atom stereocenters. The third-order valence-electron chi connectivity index (χ3n) is 5.30. The zero-order valence-corrected chi connectivity index (χ0v) is 11.1. The molecule has 1 nitrogen and oxygen atoms in total. The minimum absolute atomic E-state index is 0.457. The van der Waals surface area contributed by atoms with Crippen molar-refractivity contribution < 1.29 is 0 Å². The Labute approximate surface area is 108 Å². The summed E-state index contributed by atoms with van der Waals surface area (Å²) in [7, 11) is 2.25. The molecule has 0 amide bonds. The van der Waals surface area contributed by atoms with Crippen molar-refractivity contribution in [3.05, 3.63) is 48.0 Å². The first-order valence-corrected chi connectivity index (χ1v) is 6.89. The van der Waals surface area contributed by atoms with E-state index in [0.29, 0.717) is 5.41 Å². The van der Waals surface area contributed by atoms with Crippen molar-refractivity contribution in [3.63, 3.8) is 0 Å². The van der Waals surface area contributed by atoms with Gasteiger partial charge in [-0.1, -0.05) is 49.4 Å². The van der Waals surface area contributed by atoms with Crippen molar-refractivity contribution in [2.24, 2.45) is 11.8 Å². The summed E-state index contributed by atoms with van der Waals surface area (Å²) in [6, 6.07) is 15.8. The van der Waals surface area contributed by atoms with Crippen LogP contribution in [0.5, 0.6) is 0 Å². The van der Waals surface area contributed by atoms with Crippen LogP contribution in [0, 0.1) is 11.8 Å². The number of benzene rings is 2. The van der Waals surface area contributed by atoms with Gasteiger partial charge in [0.15, 0.2) is 0 Å². The topological polar surface area (TPSA) is 3.24 Å². The van der Waals surface area contributed by atoms with Crippen LogP contribution in [0.1, 0.15) is 12.5 Å². The highest BCUT2D eigenvalue weighted by molar-refractivity contribution is 5.83. The number of likely N-dealkylation sites (N-methyl/N-ethyl adjacent to an activating group) is 1. The van der Waals surface area contributed by atoms with Crippen LogP contribution in [0.4, 0.5) is 0 Å². The number of nitrogens with zero attached hydrogens (tertiary/aromatic N) is 1. The van der Waals surface area contributed by atoms with Crippen LogP contribution < -0.4 is 0 Å². The molecule has 1 saturated heterocycles. The lowest BCUT2D eigenvalue weighted by atomic mass is 9.91. The average Bonchev–Trinajstić information content (AvgIpc) is 2.79. The summed E-state index contributed by atoms with van der Waals surface area (Å²) >= 11 is 0. The van der Waals surface area contributed by atoms with Gasteiger partial charge in [-0.15, -0.1) is 0 Å². The molecule has 92 valence electrons. The summed E-state index contributed by atoms with van der Waals surface area (Å²) in [6.07, 6.45) is 0. The molecule has 1 saturated carbocycles. The summed E-state index contributed by atoms with van der Waals surface area (Å²) in [4.78, 5) is 2.49. The molecule has 0 radical (unpaired) electrons. The second-order valence-corrected chi connectivity index (χ2v) is 6.19. The third kappa shape index (κ3) is 1.20. The van der Waals surface area contributed by atoms with E-state index in [1.165, 1.54) is 23.9 Å². The molecule has 2 aromatic rings. The van der Waals surface area contributed by atoms with E-state index >= 15 is 0 Å². The van der Waals surface area contributed by atoms with E-state index < -0.39 is 0 Å². The van der Waals surface area contributed by atoms with Crippen molar-refractivity contribution in [1.82, 2.24) is 4.90 Å². The summed E-state index contributed by atoms with van der Waals surface area (Å²) in [5.41, 5.74) is 2.02. The number of piperidine rings is 1. The van der Waals surface area contributed by atoms with E-state index in [1.807, 2.05) is 0 Å². The van der Waals surface area contributed by atoms with Crippen LogP contribution >= 0.6 is 0 Å². The van der Waals surface area contributed by atoms with Gasteiger partial charge in [-0.3, -0.25) is 0 Å². The summed E-state index contributed by atoms with van der Waals surface area (Å²) in [6.45, 7) is 4.93. The lowest BCUT2D eigenvalue weighted by molar-refractivity contribution is 0.338. The van der Waals surface area contributed by atoms with Crippen molar-refractivity contribution in [2.75, 3.05) is 20.1 Å². The Morgan fingerprint density at radius 1 is 1.11 bits per heavy atom. The summed E-state index contributed by atoms with van der Waals surface area (Å²) in [5.74, 6) is 1.73. The first-order valence-electron chi connectivity index (χ1n) is 6.89. The Hall–Kier alpha value is -1.34. The van der Waals surface area contributed by atoms with Gasteiger partial charge in [-0.05, 0) is 35.2 Å². The Balaban J connectivity index is 1.84. The van der Waals surface area contributed by atoms with Crippen molar-refractivity contribution in [3.8, 4) is 0 Å². The molecule has 1 aliphatic carbocycles. The highest BCUT2D eigenvalue weighted by Gasteiger charge is 2.66. The third-order valence-corrected chi connectivity index (χ3v) is 5.30. The largest absolute Gasteiger partial charge is 0.305 e. The smallest absolute Gasteiger partial charge is 0.0153 e. The second kappa shape index (κ2) is 3.36. The fourth-order valence-corrected chi connectivity index (χ4v) is 4.20. The normalized spacial score (nSPS) is 34.8. The number of hydrogen-bond donors (Lipinski definition) is 0. The maximum Gasteiger partial charge on any atom is 0.0153 e. The lowest BCUT2D eigenvalue weighted by Gasteiger charge is -2.19. The molecule has 4 rings (SSSR count). The summed E-state index contributed by atoms with van der Waals surface area (Å²) < 4.78 is 0. The molecule has 0 spiro atoms. The molecule has 18 heavy (non-hydrogen) atoms. The van der Waals surface area contributed by atoms with Gasteiger partial charge in [0.05, 0.1) is 0 Å². The maximum atomic E-state index is 2.49. The van der Waals surface area contributed by atoms with E-state index in [9.17, 15) is 0 Å². The van der Waals surface area contributed by atoms with Gasteiger partial charge >= 0.3 is 0 Å². The summed E-state index contributed by atoms with van der Waals surface area (Å²) in [5, 5.41) is 2.74. The average molecular weight is 237 g/mol. The molecule has 2 aliphatic rings. The van der Waals surface area contributed by atoms with Crippen LogP contribution in [0.2, 0.25) is 0 Å². The standard InChI is InChI=1S/C17H19N/c1-12-16-10-18(2)11-17(12,16)15-8-7-13-5-3-4-6-14(13)9-15/h3-9,12,16H,10-11H2,1-2H3/t12-,16-,17-/m1/s1. The van der Waals surface area contributed by atoms with Gasteiger partial charge in [0.25, 0.3) is 0 Å². The van der Waals surface area contributed by atoms with Crippen LogP contribution in [0.15, 0.2) is 42.5 Å². The highest BCUT2D eigenvalue weighted by Crippen LogP contribution is 2.63. The Morgan fingerprint density at radius 2 is 1.89 bits per heavy atom. The molecule has 0 aromatic heterocycles. The predicted octanol–water partition coefficient (Wildman–Crippen LogP) is 3.29. The maximum absolute atomic E-state index is 2.49. The molecular formula is C17H19N. The quantitative estimate of drug-likeness (QED) is 0.735. The van der Waals surface area contributed by atoms with Gasteiger partial charge in [0, 0.05) is 18.5 Å². The number of likely N-dealkylation sites (tertiary alicyclic amines) is 1. The number of hydrogen-bond acceptors (Lipinski definition) is 1. The van der Waals surface area contributed by atoms with Crippen molar-refractivity contribution >= 4 is 10.8 Å². The second-order valence-electron chi connectivity index (χ2n) is 6.19. The molecule has 1 aliphatic heterocycles. The molecule has 0 N–H and O–H groups in total. The van der Waals surface area contributed by atoms with Crippen molar-refractivity contribution in [1.29, 1.82) is 0 Å². The fraction of sp³-hybridized carbons (Fsp3) is 0.412. The van der Waals surface area contributed by atoms with E-state index in [-0.39, 0.29) is 0 Å². The van der Waals surface area contributed by atoms with Crippen LogP contribution in [0.25, 0.3) is 10.8 Å². The van der Waals surface area contributed by atoms with E-state index in [0.717, 1.165) is 11.8 Å². The van der Waals surface area contributed by atoms with Gasteiger partial charge in [-0.25, -0.2) is 0 Å². The predicted molar refractivity (Wildman–Crippen MR) is 75.8 cm³/mol.